The zero-order valence-corrected chi connectivity index (χ0v) is 18.0. The summed E-state index contributed by atoms with van der Waals surface area (Å²) in [7, 11) is 0. The third-order valence-corrected chi connectivity index (χ3v) is 5.82. The van der Waals surface area contributed by atoms with Crippen molar-refractivity contribution in [3.8, 4) is 0 Å². The number of nitro groups is 1. The lowest BCUT2D eigenvalue weighted by atomic mass is 9.91. The first-order chi connectivity index (χ1) is 14.7. The van der Waals surface area contributed by atoms with Gasteiger partial charge in [-0.25, -0.2) is 4.79 Å². The number of rotatable bonds is 6. The largest absolute Gasteiger partial charge is 0.452 e. The van der Waals surface area contributed by atoms with Crippen LogP contribution in [0.3, 0.4) is 0 Å². The van der Waals surface area contributed by atoms with Crippen molar-refractivity contribution in [3.63, 3.8) is 0 Å². The van der Waals surface area contributed by atoms with Crippen molar-refractivity contribution in [2.45, 2.75) is 20.3 Å². The SMILES string of the molecule is CC1CC(C)CN(c2ccc(C(=O)OCC(=O)NC(=O)c3cccs3)cc2[N+](=O)[O-])C1. The number of esters is 1. The lowest BCUT2D eigenvalue weighted by Crippen LogP contribution is -2.39. The smallest absolute Gasteiger partial charge is 0.338 e. The zero-order chi connectivity index (χ0) is 22.5. The summed E-state index contributed by atoms with van der Waals surface area (Å²) in [4.78, 5) is 49.4. The molecule has 1 aliphatic rings. The number of benzene rings is 1. The molecule has 31 heavy (non-hydrogen) atoms. The Bertz CT molecular complexity index is 981. The number of nitro benzene ring substituents is 1. The number of hydrogen-bond acceptors (Lipinski definition) is 8. The number of ether oxygens (including phenoxy) is 1. The topological polar surface area (TPSA) is 119 Å². The van der Waals surface area contributed by atoms with Crippen molar-refractivity contribution in [1.82, 2.24) is 5.32 Å². The number of carbonyl (C=O) groups is 3. The molecule has 2 atom stereocenters. The maximum absolute atomic E-state index is 12.3. The number of imide groups is 1. The average molecular weight is 445 g/mol. The van der Waals surface area contributed by atoms with E-state index in [0.717, 1.165) is 12.5 Å². The lowest BCUT2D eigenvalue weighted by Gasteiger charge is -2.36. The number of anilines is 1. The fourth-order valence-corrected chi connectivity index (χ4v) is 4.39. The van der Waals surface area contributed by atoms with E-state index in [1.165, 1.54) is 17.4 Å². The molecule has 3 rings (SSSR count). The Balaban J connectivity index is 1.66. The Morgan fingerprint density at radius 2 is 1.94 bits per heavy atom. The van der Waals surface area contributed by atoms with Crippen molar-refractivity contribution < 1.29 is 24.0 Å². The predicted octanol–water partition coefficient (Wildman–Crippen LogP) is 3.25. The van der Waals surface area contributed by atoms with Crippen LogP contribution in [-0.4, -0.2) is 42.4 Å². The van der Waals surface area contributed by atoms with Gasteiger partial charge in [-0.15, -0.1) is 11.3 Å². The second kappa shape index (κ2) is 9.69. The van der Waals surface area contributed by atoms with Gasteiger partial charge in [0.25, 0.3) is 17.5 Å². The molecule has 0 radical (unpaired) electrons. The molecule has 2 amide bonds. The first-order valence-corrected chi connectivity index (χ1v) is 10.7. The summed E-state index contributed by atoms with van der Waals surface area (Å²) in [5, 5.41) is 15.4. The molecule has 0 bridgehead atoms. The molecule has 2 heterocycles. The van der Waals surface area contributed by atoms with E-state index < -0.39 is 29.3 Å². The van der Waals surface area contributed by atoms with Crippen LogP contribution in [0.15, 0.2) is 35.7 Å². The Hall–Kier alpha value is -3.27. The van der Waals surface area contributed by atoms with Crippen LogP contribution in [0.5, 0.6) is 0 Å². The molecule has 1 aliphatic heterocycles. The van der Waals surface area contributed by atoms with Crippen LogP contribution in [-0.2, 0) is 9.53 Å². The summed E-state index contributed by atoms with van der Waals surface area (Å²) >= 11 is 1.17. The normalized spacial score (nSPS) is 18.3. The summed E-state index contributed by atoms with van der Waals surface area (Å²) in [5.74, 6) is -1.43. The van der Waals surface area contributed by atoms with Crippen LogP contribution >= 0.6 is 11.3 Å². The summed E-state index contributed by atoms with van der Waals surface area (Å²) in [5.41, 5.74) is 0.234. The molecule has 10 heteroatoms. The van der Waals surface area contributed by atoms with Crippen molar-refractivity contribution >= 4 is 40.5 Å². The monoisotopic (exact) mass is 445 g/mol. The number of nitrogens with zero attached hydrogens (tertiary/aromatic N) is 2. The zero-order valence-electron chi connectivity index (χ0n) is 17.2. The number of amides is 2. The van der Waals surface area contributed by atoms with E-state index in [9.17, 15) is 24.5 Å². The molecule has 1 N–H and O–H groups in total. The molecule has 1 aromatic carbocycles. The standard InChI is InChI=1S/C21H23N3O6S/c1-13-8-14(2)11-23(10-13)16-6-5-15(9-17(16)24(28)29)21(27)30-12-19(25)22-20(26)18-4-3-7-31-18/h3-7,9,13-14H,8,10-12H2,1-2H3,(H,22,25,26). The lowest BCUT2D eigenvalue weighted by molar-refractivity contribution is -0.384. The van der Waals surface area contributed by atoms with Gasteiger partial charge >= 0.3 is 5.97 Å². The molecule has 0 aliphatic carbocycles. The number of thiophene rings is 1. The van der Waals surface area contributed by atoms with Gasteiger partial charge in [0.2, 0.25) is 0 Å². The number of piperidine rings is 1. The second-order valence-corrected chi connectivity index (χ2v) is 8.69. The fraction of sp³-hybridized carbons (Fsp3) is 0.381. The van der Waals surface area contributed by atoms with Crippen LogP contribution in [0.2, 0.25) is 0 Å². The minimum atomic E-state index is -0.881. The number of carbonyl (C=O) groups excluding carboxylic acids is 3. The molecular formula is C21H23N3O6S. The van der Waals surface area contributed by atoms with E-state index in [-0.39, 0.29) is 11.3 Å². The number of hydrogen-bond donors (Lipinski definition) is 1. The molecule has 9 nitrogen and oxygen atoms in total. The predicted molar refractivity (Wildman–Crippen MR) is 115 cm³/mol. The molecule has 2 unspecified atom stereocenters. The molecule has 1 aromatic heterocycles. The highest BCUT2D eigenvalue weighted by Gasteiger charge is 2.28. The van der Waals surface area contributed by atoms with Gasteiger partial charge in [-0.05, 0) is 41.8 Å². The highest BCUT2D eigenvalue weighted by atomic mass is 32.1. The van der Waals surface area contributed by atoms with E-state index in [1.54, 1.807) is 23.6 Å². The Morgan fingerprint density at radius 3 is 2.55 bits per heavy atom. The Morgan fingerprint density at radius 1 is 1.23 bits per heavy atom. The van der Waals surface area contributed by atoms with Gasteiger partial charge in [0.05, 0.1) is 15.4 Å². The second-order valence-electron chi connectivity index (χ2n) is 7.74. The summed E-state index contributed by atoms with van der Waals surface area (Å²) in [6, 6.07) is 7.38. The average Bonchev–Trinajstić information content (AvgIpc) is 3.26. The van der Waals surface area contributed by atoms with Crippen molar-refractivity contribution in [3.05, 3.63) is 56.3 Å². The quantitative estimate of drug-likeness (QED) is 0.412. The highest BCUT2D eigenvalue weighted by molar-refractivity contribution is 7.12. The maximum Gasteiger partial charge on any atom is 0.338 e. The first-order valence-electron chi connectivity index (χ1n) is 9.82. The third kappa shape index (κ3) is 5.66. The van der Waals surface area contributed by atoms with Gasteiger partial charge in [0, 0.05) is 19.2 Å². The Labute approximate surface area is 183 Å². The molecule has 2 aromatic rings. The van der Waals surface area contributed by atoms with E-state index in [4.69, 9.17) is 4.74 Å². The van der Waals surface area contributed by atoms with E-state index in [2.05, 4.69) is 19.2 Å². The fourth-order valence-electron chi connectivity index (χ4n) is 3.77. The van der Waals surface area contributed by atoms with Crippen LogP contribution in [0.4, 0.5) is 11.4 Å². The summed E-state index contributed by atoms with van der Waals surface area (Å²) < 4.78 is 4.93. The molecule has 1 fully saturated rings. The minimum Gasteiger partial charge on any atom is -0.452 e. The van der Waals surface area contributed by atoms with Gasteiger partial charge in [-0.2, -0.15) is 0 Å². The first kappa shape index (κ1) is 22.4. The third-order valence-electron chi connectivity index (χ3n) is 4.95. The van der Waals surface area contributed by atoms with Gasteiger partial charge in [-0.1, -0.05) is 19.9 Å². The number of nitrogens with one attached hydrogen (secondary N) is 1. The van der Waals surface area contributed by atoms with E-state index in [0.29, 0.717) is 35.5 Å². The maximum atomic E-state index is 12.3. The molecular weight excluding hydrogens is 422 g/mol. The molecule has 1 saturated heterocycles. The van der Waals surface area contributed by atoms with Gasteiger partial charge in [-0.3, -0.25) is 25.0 Å². The minimum absolute atomic E-state index is 0.0362. The Kier molecular flexibility index (Phi) is 7.01. The van der Waals surface area contributed by atoms with Crippen molar-refractivity contribution in [1.29, 1.82) is 0 Å². The molecule has 164 valence electrons. The van der Waals surface area contributed by atoms with Crippen LogP contribution in [0.1, 0.15) is 40.3 Å². The van der Waals surface area contributed by atoms with Crippen molar-refractivity contribution in [2.24, 2.45) is 11.8 Å². The summed E-state index contributed by atoms with van der Waals surface area (Å²) in [6.45, 7) is 4.94. The van der Waals surface area contributed by atoms with Crippen molar-refractivity contribution in [2.75, 3.05) is 24.6 Å². The highest BCUT2D eigenvalue weighted by Crippen LogP contribution is 2.34. The van der Waals surface area contributed by atoms with Crippen LogP contribution < -0.4 is 10.2 Å². The van der Waals surface area contributed by atoms with Gasteiger partial charge in [0.15, 0.2) is 6.61 Å². The van der Waals surface area contributed by atoms with E-state index >= 15 is 0 Å². The summed E-state index contributed by atoms with van der Waals surface area (Å²) in [6.07, 6.45) is 1.06. The van der Waals surface area contributed by atoms with Crippen LogP contribution in [0.25, 0.3) is 0 Å². The van der Waals surface area contributed by atoms with Gasteiger partial charge < -0.3 is 9.64 Å². The van der Waals surface area contributed by atoms with Gasteiger partial charge in [0.1, 0.15) is 5.69 Å². The molecule has 0 spiro atoms. The van der Waals surface area contributed by atoms with Crippen LogP contribution in [0, 0.1) is 22.0 Å². The molecule has 0 saturated carbocycles. The van der Waals surface area contributed by atoms with E-state index in [1.807, 2.05) is 4.90 Å².